The van der Waals surface area contributed by atoms with Gasteiger partial charge < -0.3 is 9.88 Å². The molecule has 2 aliphatic heterocycles. The molecule has 0 radical (unpaired) electrons. The van der Waals surface area contributed by atoms with Crippen LogP contribution < -0.4 is 5.32 Å². The Balaban J connectivity index is 1.67. The van der Waals surface area contributed by atoms with Gasteiger partial charge >= 0.3 is 0 Å². The predicted molar refractivity (Wildman–Crippen MR) is 72.5 cm³/mol. The van der Waals surface area contributed by atoms with Gasteiger partial charge in [0.15, 0.2) is 0 Å². The van der Waals surface area contributed by atoms with E-state index in [9.17, 15) is 0 Å². The molecule has 0 spiro atoms. The van der Waals surface area contributed by atoms with Crippen molar-refractivity contribution in [3.8, 4) is 0 Å². The summed E-state index contributed by atoms with van der Waals surface area (Å²) in [6.07, 6.45) is 8.01. The van der Waals surface area contributed by atoms with Crippen molar-refractivity contribution >= 4 is 0 Å². The smallest absolute Gasteiger partial charge is 0.0951 e. The number of imidazole rings is 1. The van der Waals surface area contributed by atoms with Gasteiger partial charge in [-0.2, -0.15) is 0 Å². The highest BCUT2D eigenvalue weighted by Gasteiger charge is 2.29. The number of rotatable bonds is 3. The number of hydrogen-bond acceptors (Lipinski definition) is 3. The summed E-state index contributed by atoms with van der Waals surface area (Å²) in [6, 6.07) is 1.99. The van der Waals surface area contributed by atoms with Crippen LogP contribution in [0.25, 0.3) is 0 Å². The lowest BCUT2D eigenvalue weighted by molar-refractivity contribution is 0.243. The molecule has 1 aromatic heterocycles. The van der Waals surface area contributed by atoms with E-state index in [1.807, 2.05) is 12.5 Å². The second-order valence-electron chi connectivity index (χ2n) is 6.05. The topological polar surface area (TPSA) is 33.1 Å². The van der Waals surface area contributed by atoms with Crippen molar-refractivity contribution in [3.05, 3.63) is 18.2 Å². The minimum Gasteiger partial charge on any atom is -0.331 e. The highest BCUT2D eigenvalue weighted by Crippen LogP contribution is 2.22. The zero-order valence-electron chi connectivity index (χ0n) is 11.5. The molecule has 4 nitrogen and oxygen atoms in total. The number of fused-ring (bicyclic) bond motifs is 2. The van der Waals surface area contributed by atoms with E-state index in [1.54, 1.807) is 0 Å². The number of aromatic nitrogens is 2. The fraction of sp³-hybridized carbons (Fsp3) is 0.786. The molecule has 2 unspecified atom stereocenters. The number of likely N-dealkylation sites (tertiary alicyclic amines) is 1. The van der Waals surface area contributed by atoms with Crippen LogP contribution in [0, 0.1) is 0 Å². The van der Waals surface area contributed by atoms with E-state index in [0.717, 1.165) is 12.6 Å². The molecule has 1 aromatic rings. The van der Waals surface area contributed by atoms with Crippen LogP contribution in [-0.4, -0.2) is 39.6 Å². The van der Waals surface area contributed by atoms with Crippen LogP contribution in [0.2, 0.25) is 0 Å². The minimum absolute atomic E-state index is 0.504. The van der Waals surface area contributed by atoms with E-state index in [0.29, 0.717) is 12.1 Å². The van der Waals surface area contributed by atoms with Crippen LogP contribution in [0.4, 0.5) is 0 Å². The third kappa shape index (κ3) is 2.45. The van der Waals surface area contributed by atoms with Gasteiger partial charge in [-0.1, -0.05) is 0 Å². The minimum atomic E-state index is 0.504. The normalized spacial score (nSPS) is 28.8. The molecule has 2 fully saturated rings. The molecule has 0 aromatic carbocycles. The maximum atomic E-state index is 4.30. The lowest BCUT2D eigenvalue weighted by atomic mass is 10.1. The predicted octanol–water partition coefficient (Wildman–Crippen LogP) is 1.79. The van der Waals surface area contributed by atoms with Crippen molar-refractivity contribution in [3.63, 3.8) is 0 Å². The zero-order valence-corrected chi connectivity index (χ0v) is 11.5. The molecule has 100 valence electrons. The van der Waals surface area contributed by atoms with Crippen LogP contribution >= 0.6 is 0 Å². The molecule has 0 amide bonds. The average Bonchev–Trinajstić information content (AvgIpc) is 2.88. The molecule has 2 bridgehead atoms. The van der Waals surface area contributed by atoms with Gasteiger partial charge in [-0.3, -0.25) is 4.90 Å². The van der Waals surface area contributed by atoms with E-state index in [1.165, 1.54) is 38.0 Å². The molecule has 0 aliphatic carbocycles. The van der Waals surface area contributed by atoms with Crippen molar-refractivity contribution < 1.29 is 0 Å². The molecule has 18 heavy (non-hydrogen) atoms. The van der Waals surface area contributed by atoms with E-state index < -0.39 is 0 Å². The highest BCUT2D eigenvalue weighted by atomic mass is 15.2. The molecule has 3 heterocycles. The van der Waals surface area contributed by atoms with E-state index >= 15 is 0 Å². The number of hydrogen-bond donors (Lipinski definition) is 1. The first-order valence-corrected chi connectivity index (χ1v) is 7.21. The van der Waals surface area contributed by atoms with Crippen LogP contribution in [0.3, 0.4) is 0 Å². The summed E-state index contributed by atoms with van der Waals surface area (Å²) in [5.74, 6) is 0. The van der Waals surface area contributed by atoms with Crippen molar-refractivity contribution in [1.29, 1.82) is 0 Å². The number of nitrogens with one attached hydrogen (secondary N) is 1. The zero-order chi connectivity index (χ0) is 12.5. The molecule has 2 aliphatic rings. The van der Waals surface area contributed by atoms with Gasteiger partial charge in [-0.15, -0.1) is 0 Å². The Kier molecular flexibility index (Phi) is 3.39. The average molecular weight is 248 g/mol. The SMILES string of the molecule is CC(C)n1cncc1CN1CCC2CCC(C1)N2. The molecule has 3 rings (SSSR count). The van der Waals surface area contributed by atoms with E-state index in [4.69, 9.17) is 0 Å². The summed E-state index contributed by atoms with van der Waals surface area (Å²) in [5.41, 5.74) is 1.35. The third-order valence-corrected chi connectivity index (χ3v) is 4.30. The second-order valence-corrected chi connectivity index (χ2v) is 6.05. The fourth-order valence-electron chi connectivity index (χ4n) is 3.31. The summed E-state index contributed by atoms with van der Waals surface area (Å²) in [7, 11) is 0. The molecule has 1 N–H and O–H groups in total. The Labute approximate surface area is 109 Å². The standard InChI is InChI=1S/C14H24N4/c1-11(2)18-10-15-7-14(18)9-17-6-5-12-3-4-13(8-17)16-12/h7,10-13,16H,3-6,8-9H2,1-2H3. The Morgan fingerprint density at radius 3 is 3.00 bits per heavy atom. The quantitative estimate of drug-likeness (QED) is 0.885. The summed E-state index contributed by atoms with van der Waals surface area (Å²) in [6.45, 7) is 7.90. The van der Waals surface area contributed by atoms with Gasteiger partial charge in [-0.25, -0.2) is 4.98 Å². The Hall–Kier alpha value is -0.870. The summed E-state index contributed by atoms with van der Waals surface area (Å²) >= 11 is 0. The monoisotopic (exact) mass is 248 g/mol. The van der Waals surface area contributed by atoms with Crippen molar-refractivity contribution in [1.82, 2.24) is 19.8 Å². The van der Waals surface area contributed by atoms with Crippen LogP contribution in [0.1, 0.15) is 44.8 Å². The highest BCUT2D eigenvalue weighted by molar-refractivity contribution is 5.01. The lowest BCUT2D eigenvalue weighted by Crippen LogP contribution is -2.35. The van der Waals surface area contributed by atoms with Gasteiger partial charge in [-0.05, 0) is 33.1 Å². The van der Waals surface area contributed by atoms with Crippen LogP contribution in [0.15, 0.2) is 12.5 Å². The summed E-state index contributed by atoms with van der Waals surface area (Å²) in [5, 5.41) is 3.74. The maximum absolute atomic E-state index is 4.30. The second kappa shape index (κ2) is 5.02. The van der Waals surface area contributed by atoms with Gasteiger partial charge in [0.25, 0.3) is 0 Å². The number of nitrogens with zero attached hydrogens (tertiary/aromatic N) is 3. The van der Waals surface area contributed by atoms with Gasteiger partial charge in [0.1, 0.15) is 0 Å². The maximum Gasteiger partial charge on any atom is 0.0951 e. The first-order chi connectivity index (χ1) is 8.72. The first-order valence-electron chi connectivity index (χ1n) is 7.21. The van der Waals surface area contributed by atoms with E-state index in [2.05, 4.69) is 33.6 Å². The molecule has 4 heteroatoms. The van der Waals surface area contributed by atoms with E-state index in [-0.39, 0.29) is 0 Å². The molecule has 2 saturated heterocycles. The van der Waals surface area contributed by atoms with Gasteiger partial charge in [0.2, 0.25) is 0 Å². The summed E-state index contributed by atoms with van der Waals surface area (Å²) < 4.78 is 2.29. The molecular formula is C14H24N4. The Bertz CT molecular complexity index is 398. The summed E-state index contributed by atoms with van der Waals surface area (Å²) in [4.78, 5) is 6.89. The van der Waals surface area contributed by atoms with Gasteiger partial charge in [0, 0.05) is 44.0 Å². The largest absolute Gasteiger partial charge is 0.331 e. The molecule has 0 saturated carbocycles. The van der Waals surface area contributed by atoms with Crippen molar-refractivity contribution in [2.75, 3.05) is 13.1 Å². The third-order valence-electron chi connectivity index (χ3n) is 4.30. The van der Waals surface area contributed by atoms with Crippen molar-refractivity contribution in [2.24, 2.45) is 0 Å². The van der Waals surface area contributed by atoms with Crippen LogP contribution in [-0.2, 0) is 6.54 Å². The lowest BCUT2D eigenvalue weighted by Gasteiger charge is -2.24. The Morgan fingerprint density at radius 2 is 2.17 bits per heavy atom. The van der Waals surface area contributed by atoms with Crippen LogP contribution in [0.5, 0.6) is 0 Å². The fourth-order valence-corrected chi connectivity index (χ4v) is 3.31. The Morgan fingerprint density at radius 1 is 1.33 bits per heavy atom. The molecular weight excluding hydrogens is 224 g/mol. The molecule has 2 atom stereocenters. The van der Waals surface area contributed by atoms with Gasteiger partial charge in [0.05, 0.1) is 12.0 Å². The first kappa shape index (κ1) is 12.2. The van der Waals surface area contributed by atoms with Crippen molar-refractivity contribution in [2.45, 2.75) is 57.8 Å².